The number of nitrogens with zero attached hydrogens (tertiary/aromatic N) is 4. The average molecular weight is 192 g/mol. The molecule has 0 aliphatic heterocycles. The Kier molecular flexibility index (Phi) is 3.56. The van der Waals surface area contributed by atoms with Gasteiger partial charge in [0.15, 0.2) is 5.65 Å². The summed E-state index contributed by atoms with van der Waals surface area (Å²) in [6.45, 7) is 8.25. The van der Waals surface area contributed by atoms with Gasteiger partial charge in [0, 0.05) is 5.56 Å². The van der Waals surface area contributed by atoms with Crippen molar-refractivity contribution in [2.45, 2.75) is 33.6 Å². The summed E-state index contributed by atoms with van der Waals surface area (Å²) in [7, 11) is 0. The van der Waals surface area contributed by atoms with Crippen LogP contribution in [0.1, 0.15) is 39.2 Å². The zero-order chi connectivity index (χ0) is 10.6. The van der Waals surface area contributed by atoms with Crippen LogP contribution in [-0.2, 0) is 0 Å². The first-order valence-electron chi connectivity index (χ1n) is 4.92. The van der Waals surface area contributed by atoms with Crippen LogP contribution in [0.4, 0.5) is 0 Å². The Hall–Kier alpha value is -1.45. The fourth-order valence-electron chi connectivity index (χ4n) is 1.18. The summed E-state index contributed by atoms with van der Waals surface area (Å²) in [5.74, 6) is 0.456. The van der Waals surface area contributed by atoms with Gasteiger partial charge in [-0.1, -0.05) is 27.7 Å². The van der Waals surface area contributed by atoms with E-state index in [2.05, 4.69) is 28.9 Å². The van der Waals surface area contributed by atoms with Crippen molar-refractivity contribution in [3.05, 3.63) is 24.4 Å². The highest BCUT2D eigenvalue weighted by Gasteiger charge is 2.07. The van der Waals surface area contributed by atoms with E-state index in [1.165, 1.54) is 0 Å². The summed E-state index contributed by atoms with van der Waals surface area (Å²) in [5, 5.41) is 4.13. The third-order valence-corrected chi connectivity index (χ3v) is 1.84. The van der Waals surface area contributed by atoms with E-state index >= 15 is 0 Å². The van der Waals surface area contributed by atoms with Crippen molar-refractivity contribution in [1.82, 2.24) is 19.6 Å². The van der Waals surface area contributed by atoms with Gasteiger partial charge in [0.1, 0.15) is 12.7 Å². The topological polar surface area (TPSA) is 43.1 Å². The van der Waals surface area contributed by atoms with Crippen molar-refractivity contribution >= 4 is 5.65 Å². The first kappa shape index (κ1) is 10.6. The Morgan fingerprint density at radius 1 is 1.29 bits per heavy atom. The molecule has 0 fully saturated rings. The van der Waals surface area contributed by atoms with E-state index in [0.717, 1.165) is 11.2 Å². The lowest BCUT2D eigenvalue weighted by molar-refractivity contribution is 0.867. The number of hydrogen-bond donors (Lipinski definition) is 0. The highest BCUT2D eigenvalue weighted by molar-refractivity contribution is 5.46. The van der Waals surface area contributed by atoms with Gasteiger partial charge < -0.3 is 0 Å². The summed E-state index contributed by atoms with van der Waals surface area (Å²) in [6.07, 6.45) is 5.05. The Bertz CT molecular complexity index is 392. The summed E-state index contributed by atoms with van der Waals surface area (Å²) >= 11 is 0. The molecule has 0 spiro atoms. The highest BCUT2D eigenvalue weighted by atomic mass is 15.3. The standard InChI is InChI=1S/C8H10N4.C2H6/c1-6(2)7-3-11-12-5-9-4-10-8(7)12;1-2/h3-6H,1-2H3;1-2H3. The molecule has 2 aromatic rings. The molecule has 0 saturated carbocycles. The van der Waals surface area contributed by atoms with Crippen LogP contribution >= 0.6 is 0 Å². The van der Waals surface area contributed by atoms with E-state index in [1.54, 1.807) is 17.2 Å². The Morgan fingerprint density at radius 2 is 2.00 bits per heavy atom. The van der Waals surface area contributed by atoms with Crippen LogP contribution in [0.2, 0.25) is 0 Å². The molecule has 4 heteroatoms. The smallest absolute Gasteiger partial charge is 0.161 e. The first-order valence-corrected chi connectivity index (χ1v) is 4.92. The van der Waals surface area contributed by atoms with Gasteiger partial charge in [-0.25, -0.2) is 14.5 Å². The molecule has 2 aromatic heterocycles. The maximum Gasteiger partial charge on any atom is 0.161 e. The molecule has 4 nitrogen and oxygen atoms in total. The van der Waals surface area contributed by atoms with Gasteiger partial charge in [-0.3, -0.25) is 0 Å². The number of rotatable bonds is 1. The molecule has 76 valence electrons. The van der Waals surface area contributed by atoms with Gasteiger partial charge in [0.2, 0.25) is 0 Å². The highest BCUT2D eigenvalue weighted by Crippen LogP contribution is 2.16. The third kappa shape index (κ3) is 1.89. The second-order valence-corrected chi connectivity index (χ2v) is 3.03. The van der Waals surface area contributed by atoms with Crippen LogP contribution in [0.3, 0.4) is 0 Å². The molecule has 14 heavy (non-hydrogen) atoms. The van der Waals surface area contributed by atoms with E-state index in [-0.39, 0.29) is 0 Å². The lowest BCUT2D eigenvalue weighted by Gasteiger charge is -1.98. The second-order valence-electron chi connectivity index (χ2n) is 3.03. The lowest BCUT2D eigenvalue weighted by atomic mass is 10.1. The predicted molar refractivity (Wildman–Crippen MR) is 56.2 cm³/mol. The van der Waals surface area contributed by atoms with Gasteiger partial charge in [0.05, 0.1) is 6.20 Å². The first-order chi connectivity index (χ1) is 6.79. The Labute approximate surface area is 84.0 Å². The molecule has 0 N–H and O–H groups in total. The van der Waals surface area contributed by atoms with Gasteiger partial charge in [0.25, 0.3) is 0 Å². The zero-order valence-corrected chi connectivity index (χ0v) is 9.10. The fraction of sp³-hybridized carbons (Fsp3) is 0.500. The summed E-state index contributed by atoms with van der Waals surface area (Å²) < 4.78 is 1.69. The molecule has 0 unspecified atom stereocenters. The molecule has 0 radical (unpaired) electrons. The van der Waals surface area contributed by atoms with Crippen molar-refractivity contribution in [2.75, 3.05) is 0 Å². The van der Waals surface area contributed by atoms with Crippen LogP contribution < -0.4 is 0 Å². The normalized spacial score (nSPS) is 10.1. The van der Waals surface area contributed by atoms with E-state index in [4.69, 9.17) is 0 Å². The van der Waals surface area contributed by atoms with Crippen molar-refractivity contribution in [1.29, 1.82) is 0 Å². The fourth-order valence-corrected chi connectivity index (χ4v) is 1.18. The summed E-state index contributed by atoms with van der Waals surface area (Å²) in [4.78, 5) is 8.03. The largest absolute Gasteiger partial charge is 0.225 e. The molecule has 0 aliphatic carbocycles. The van der Waals surface area contributed by atoms with Crippen molar-refractivity contribution < 1.29 is 0 Å². The molecule has 2 rings (SSSR count). The lowest BCUT2D eigenvalue weighted by Crippen LogP contribution is -1.92. The molecular formula is C10H16N4. The van der Waals surface area contributed by atoms with Gasteiger partial charge >= 0.3 is 0 Å². The Morgan fingerprint density at radius 3 is 2.64 bits per heavy atom. The molecule has 0 saturated heterocycles. The van der Waals surface area contributed by atoms with Crippen LogP contribution in [0.5, 0.6) is 0 Å². The monoisotopic (exact) mass is 192 g/mol. The van der Waals surface area contributed by atoms with Crippen molar-refractivity contribution in [3.63, 3.8) is 0 Å². The molecule has 0 aliphatic rings. The van der Waals surface area contributed by atoms with Crippen LogP contribution in [-0.4, -0.2) is 19.6 Å². The van der Waals surface area contributed by atoms with E-state index in [1.807, 2.05) is 20.0 Å². The molecule has 0 bridgehead atoms. The third-order valence-electron chi connectivity index (χ3n) is 1.84. The maximum atomic E-state index is 4.15. The van der Waals surface area contributed by atoms with Gasteiger partial charge in [-0.05, 0) is 5.92 Å². The molecule has 0 aromatic carbocycles. The van der Waals surface area contributed by atoms with E-state index in [0.29, 0.717) is 5.92 Å². The summed E-state index contributed by atoms with van der Waals surface area (Å²) in [5.41, 5.74) is 2.07. The summed E-state index contributed by atoms with van der Waals surface area (Å²) in [6, 6.07) is 0. The number of hydrogen-bond acceptors (Lipinski definition) is 3. The molecular weight excluding hydrogens is 176 g/mol. The quantitative estimate of drug-likeness (QED) is 0.696. The molecule has 2 heterocycles. The molecule has 0 atom stereocenters. The number of fused-ring (bicyclic) bond motifs is 1. The van der Waals surface area contributed by atoms with Gasteiger partial charge in [-0.15, -0.1) is 0 Å². The minimum absolute atomic E-state index is 0.456. The van der Waals surface area contributed by atoms with E-state index in [9.17, 15) is 0 Å². The second kappa shape index (κ2) is 4.69. The van der Waals surface area contributed by atoms with Crippen molar-refractivity contribution in [3.8, 4) is 0 Å². The van der Waals surface area contributed by atoms with Crippen molar-refractivity contribution in [2.24, 2.45) is 0 Å². The van der Waals surface area contributed by atoms with Crippen LogP contribution in [0.25, 0.3) is 5.65 Å². The van der Waals surface area contributed by atoms with Gasteiger partial charge in [-0.2, -0.15) is 5.10 Å². The SMILES string of the molecule is CC.CC(C)c1cnn2cncnc12. The zero-order valence-electron chi connectivity index (χ0n) is 9.10. The minimum atomic E-state index is 0.456. The maximum absolute atomic E-state index is 4.15. The van der Waals surface area contributed by atoms with E-state index < -0.39 is 0 Å². The number of aromatic nitrogens is 4. The molecule has 0 amide bonds. The average Bonchev–Trinajstić information content (AvgIpc) is 2.64. The van der Waals surface area contributed by atoms with Crippen LogP contribution in [0, 0.1) is 0 Å². The minimum Gasteiger partial charge on any atom is -0.225 e. The Balaban J connectivity index is 0.000000461. The van der Waals surface area contributed by atoms with Crippen LogP contribution in [0.15, 0.2) is 18.9 Å². The predicted octanol–water partition coefficient (Wildman–Crippen LogP) is 2.27.